The lowest BCUT2D eigenvalue weighted by Gasteiger charge is -2.05. The van der Waals surface area contributed by atoms with E-state index in [4.69, 9.17) is 17.3 Å². The maximum Gasteiger partial charge on any atom is 0.0453 e. The molecule has 0 heterocycles. The quantitative estimate of drug-likeness (QED) is 0.423. The number of nitrogen functional groups attached to an aromatic ring is 1. The molecule has 0 radical (unpaired) electrons. The van der Waals surface area contributed by atoms with Crippen LogP contribution in [0.25, 0.3) is 0 Å². The molecule has 0 aliphatic carbocycles. The summed E-state index contributed by atoms with van der Waals surface area (Å²) in [6.45, 7) is 2.24. The van der Waals surface area contributed by atoms with Gasteiger partial charge in [-0.05, 0) is 30.4 Å². The van der Waals surface area contributed by atoms with Crippen molar-refractivity contribution in [1.29, 1.82) is 0 Å². The first-order valence-electron chi connectivity index (χ1n) is 5.92. The Bertz CT molecular complexity index is 315. The minimum atomic E-state index is 0.766. The molecule has 0 unspecified atom stereocenters. The van der Waals surface area contributed by atoms with Gasteiger partial charge in [-0.25, -0.2) is 0 Å². The molecule has 0 spiro atoms. The summed E-state index contributed by atoms with van der Waals surface area (Å²) in [4.78, 5) is 1.11. The van der Waals surface area contributed by atoms with Crippen LogP contribution in [-0.4, -0.2) is 5.75 Å². The van der Waals surface area contributed by atoms with E-state index in [1.54, 1.807) is 0 Å². The molecule has 1 rings (SSSR count). The summed E-state index contributed by atoms with van der Waals surface area (Å²) in [6, 6.07) is 5.66. The van der Waals surface area contributed by atoms with Crippen LogP contribution in [0, 0.1) is 0 Å². The first-order chi connectivity index (χ1) is 7.74. The number of rotatable bonds is 7. The number of anilines is 1. The van der Waals surface area contributed by atoms with Gasteiger partial charge in [-0.3, -0.25) is 0 Å². The number of benzene rings is 1. The summed E-state index contributed by atoms with van der Waals surface area (Å²) in [5.74, 6) is 1.13. The number of hydrogen-bond donors (Lipinski definition) is 1. The van der Waals surface area contributed by atoms with Gasteiger partial charge in [0.15, 0.2) is 0 Å². The van der Waals surface area contributed by atoms with Crippen LogP contribution < -0.4 is 5.73 Å². The van der Waals surface area contributed by atoms with E-state index >= 15 is 0 Å². The summed E-state index contributed by atoms with van der Waals surface area (Å²) in [5, 5.41) is 0.766. The Kier molecular flexibility index (Phi) is 6.74. The zero-order valence-corrected chi connectivity index (χ0v) is 11.4. The SMILES string of the molecule is CCCCCCCSc1cc(Cl)ccc1N. The van der Waals surface area contributed by atoms with Crippen LogP contribution in [0.5, 0.6) is 0 Å². The fourth-order valence-electron chi connectivity index (χ4n) is 1.52. The molecule has 0 saturated heterocycles. The zero-order valence-electron chi connectivity index (χ0n) is 9.84. The predicted octanol–water partition coefficient (Wildman–Crippen LogP) is 4.98. The molecule has 0 bridgehead atoms. The molecule has 3 heteroatoms. The van der Waals surface area contributed by atoms with Crippen LogP contribution in [0.4, 0.5) is 5.69 Å². The van der Waals surface area contributed by atoms with Crippen molar-refractivity contribution >= 4 is 29.1 Å². The molecule has 16 heavy (non-hydrogen) atoms. The van der Waals surface area contributed by atoms with Crippen LogP contribution in [0.15, 0.2) is 23.1 Å². The highest BCUT2D eigenvalue weighted by Gasteiger charge is 2.00. The van der Waals surface area contributed by atoms with Crippen molar-refractivity contribution in [2.24, 2.45) is 0 Å². The van der Waals surface area contributed by atoms with Crippen LogP contribution >= 0.6 is 23.4 Å². The van der Waals surface area contributed by atoms with E-state index in [0.717, 1.165) is 21.4 Å². The van der Waals surface area contributed by atoms with Crippen molar-refractivity contribution in [3.63, 3.8) is 0 Å². The van der Waals surface area contributed by atoms with Crippen molar-refractivity contribution in [1.82, 2.24) is 0 Å². The Morgan fingerprint density at radius 2 is 1.94 bits per heavy atom. The average Bonchev–Trinajstić information content (AvgIpc) is 2.28. The topological polar surface area (TPSA) is 26.0 Å². The molecule has 0 saturated carbocycles. The molecule has 0 aliphatic rings. The molecule has 0 aromatic heterocycles. The maximum absolute atomic E-state index is 5.93. The van der Waals surface area contributed by atoms with Crippen LogP contribution in [-0.2, 0) is 0 Å². The van der Waals surface area contributed by atoms with Gasteiger partial charge < -0.3 is 5.73 Å². The Morgan fingerprint density at radius 1 is 1.19 bits per heavy atom. The van der Waals surface area contributed by atoms with Gasteiger partial charge >= 0.3 is 0 Å². The van der Waals surface area contributed by atoms with E-state index in [0.29, 0.717) is 0 Å². The van der Waals surface area contributed by atoms with Crippen molar-refractivity contribution in [3.05, 3.63) is 23.2 Å². The number of halogens is 1. The first-order valence-corrected chi connectivity index (χ1v) is 7.28. The fourth-order valence-corrected chi connectivity index (χ4v) is 2.77. The van der Waals surface area contributed by atoms with Gasteiger partial charge in [0.1, 0.15) is 0 Å². The highest BCUT2D eigenvalue weighted by Crippen LogP contribution is 2.28. The van der Waals surface area contributed by atoms with Gasteiger partial charge in [0.2, 0.25) is 0 Å². The third-order valence-electron chi connectivity index (χ3n) is 2.48. The van der Waals surface area contributed by atoms with Crippen LogP contribution in [0.2, 0.25) is 5.02 Å². The maximum atomic E-state index is 5.93. The van der Waals surface area contributed by atoms with Gasteiger partial charge in [0.05, 0.1) is 0 Å². The van der Waals surface area contributed by atoms with E-state index in [2.05, 4.69) is 6.92 Å². The minimum Gasteiger partial charge on any atom is -0.398 e. The second kappa shape index (κ2) is 7.86. The molecule has 1 nitrogen and oxygen atoms in total. The lowest BCUT2D eigenvalue weighted by Crippen LogP contribution is -1.89. The van der Waals surface area contributed by atoms with E-state index in [9.17, 15) is 0 Å². The van der Waals surface area contributed by atoms with E-state index in [1.165, 1.54) is 32.1 Å². The normalized spacial score (nSPS) is 10.6. The Balaban J connectivity index is 2.23. The van der Waals surface area contributed by atoms with E-state index < -0.39 is 0 Å². The Labute approximate surface area is 108 Å². The Hall–Kier alpha value is -0.340. The lowest BCUT2D eigenvalue weighted by molar-refractivity contribution is 0.659. The monoisotopic (exact) mass is 257 g/mol. The molecule has 1 aromatic carbocycles. The lowest BCUT2D eigenvalue weighted by atomic mass is 10.2. The third kappa shape index (κ3) is 5.13. The zero-order chi connectivity index (χ0) is 11.8. The molecule has 0 atom stereocenters. The van der Waals surface area contributed by atoms with Crippen LogP contribution in [0.3, 0.4) is 0 Å². The number of nitrogens with two attached hydrogens (primary N) is 1. The minimum absolute atomic E-state index is 0.766. The van der Waals surface area contributed by atoms with Gasteiger partial charge in [-0.1, -0.05) is 44.2 Å². The highest BCUT2D eigenvalue weighted by atomic mass is 35.5. The summed E-state index contributed by atoms with van der Waals surface area (Å²) in [7, 11) is 0. The van der Waals surface area contributed by atoms with E-state index in [-0.39, 0.29) is 0 Å². The van der Waals surface area contributed by atoms with Crippen molar-refractivity contribution in [3.8, 4) is 0 Å². The summed E-state index contributed by atoms with van der Waals surface area (Å²) >= 11 is 7.74. The van der Waals surface area contributed by atoms with E-state index in [1.807, 2.05) is 30.0 Å². The Morgan fingerprint density at radius 3 is 2.69 bits per heavy atom. The molecule has 0 fully saturated rings. The fraction of sp³-hybridized carbons (Fsp3) is 0.538. The largest absolute Gasteiger partial charge is 0.398 e. The van der Waals surface area contributed by atoms with Crippen molar-refractivity contribution in [2.45, 2.75) is 43.9 Å². The number of hydrogen-bond acceptors (Lipinski definition) is 2. The highest BCUT2D eigenvalue weighted by molar-refractivity contribution is 7.99. The van der Waals surface area contributed by atoms with Gasteiger partial charge in [-0.2, -0.15) is 0 Å². The van der Waals surface area contributed by atoms with Gasteiger partial charge in [-0.15, -0.1) is 11.8 Å². The summed E-state index contributed by atoms with van der Waals surface area (Å²) in [5.41, 5.74) is 6.71. The molecule has 2 N–H and O–H groups in total. The second-order valence-corrected chi connectivity index (χ2v) is 5.52. The van der Waals surface area contributed by atoms with Gasteiger partial charge in [0.25, 0.3) is 0 Å². The standard InChI is InChI=1S/C13H20ClNS/c1-2-3-4-5-6-9-16-13-10-11(14)7-8-12(13)15/h7-8,10H,2-6,9,15H2,1H3. The van der Waals surface area contributed by atoms with Crippen molar-refractivity contribution in [2.75, 3.05) is 11.5 Å². The second-order valence-electron chi connectivity index (χ2n) is 3.94. The molecule has 0 amide bonds. The van der Waals surface area contributed by atoms with Gasteiger partial charge in [0, 0.05) is 15.6 Å². The third-order valence-corrected chi connectivity index (χ3v) is 3.87. The molecule has 90 valence electrons. The first kappa shape index (κ1) is 13.7. The average molecular weight is 258 g/mol. The molecule has 0 aliphatic heterocycles. The van der Waals surface area contributed by atoms with Crippen LogP contribution in [0.1, 0.15) is 39.0 Å². The molecular weight excluding hydrogens is 238 g/mol. The molecule has 1 aromatic rings. The number of thioether (sulfide) groups is 1. The smallest absolute Gasteiger partial charge is 0.0453 e. The summed E-state index contributed by atoms with van der Waals surface area (Å²) in [6.07, 6.45) is 6.58. The molecular formula is C13H20ClNS. The predicted molar refractivity (Wildman–Crippen MR) is 75.3 cm³/mol. The van der Waals surface area contributed by atoms with Crippen molar-refractivity contribution < 1.29 is 0 Å². The number of unbranched alkanes of at least 4 members (excludes halogenated alkanes) is 4. The summed E-state index contributed by atoms with van der Waals surface area (Å²) < 4.78 is 0.